The molecular weight excluding hydrogens is 565 g/mol. The number of hydrogen-bond acceptors (Lipinski definition) is 5. The zero-order valence-corrected chi connectivity index (χ0v) is 25.6. The summed E-state index contributed by atoms with van der Waals surface area (Å²) in [6.07, 6.45) is 0.222. The number of piperidine rings is 1. The summed E-state index contributed by atoms with van der Waals surface area (Å²) >= 11 is 6.23. The number of methoxy groups -OCH3 is 1. The summed E-state index contributed by atoms with van der Waals surface area (Å²) in [7, 11) is 6.85. The molecule has 0 aliphatic carbocycles. The monoisotopic (exact) mass is 612 g/mol. The summed E-state index contributed by atoms with van der Waals surface area (Å²) in [4.78, 5) is 20.3. The Kier molecular flexibility index (Phi) is 17.8. The lowest BCUT2D eigenvalue weighted by molar-refractivity contribution is -0.139. The number of carbonyl (C=O) groups is 1. The van der Waals surface area contributed by atoms with Gasteiger partial charge in [-0.3, -0.25) is 4.79 Å². The fourth-order valence-electron chi connectivity index (χ4n) is 4.69. The molecule has 0 saturated carbocycles. The van der Waals surface area contributed by atoms with E-state index in [9.17, 15) is 18.0 Å². The van der Waals surface area contributed by atoms with Gasteiger partial charge in [-0.2, -0.15) is 13.2 Å². The fraction of sp³-hybridized carbons (Fsp3) is 0.500. The van der Waals surface area contributed by atoms with Crippen LogP contribution >= 0.6 is 11.6 Å². The highest BCUT2D eigenvalue weighted by atomic mass is 35.5. The Morgan fingerprint density at radius 1 is 1.24 bits per heavy atom. The molecule has 1 fully saturated rings. The normalized spacial score (nSPS) is 14.5. The van der Waals surface area contributed by atoms with Crippen LogP contribution in [0.3, 0.4) is 0 Å². The summed E-state index contributed by atoms with van der Waals surface area (Å²) in [5.41, 5.74) is 0.595. The van der Waals surface area contributed by atoms with Crippen LogP contribution in [0.1, 0.15) is 55.5 Å². The summed E-state index contributed by atoms with van der Waals surface area (Å²) in [6.45, 7) is 14.6. The van der Waals surface area contributed by atoms with Crippen molar-refractivity contribution in [3.8, 4) is 5.75 Å². The average molecular weight is 613 g/mol. The highest BCUT2D eigenvalue weighted by Crippen LogP contribution is 2.36. The lowest BCUT2D eigenvalue weighted by atomic mass is 9.88. The van der Waals surface area contributed by atoms with E-state index < -0.39 is 12.1 Å². The number of halogens is 4. The third kappa shape index (κ3) is 12.1. The van der Waals surface area contributed by atoms with E-state index in [1.165, 1.54) is 49.5 Å². The standard InChI is InChI=1S/C18H29ClN4O.C11H11F3O.C2H4.CH4/c1-13(12-20-2)11-14-7-9-23(10-8-14)16-6-5-15(17(19)21-16)18(24)22(3)4;1-3-10(11(12,13)14)8-5-4-6-9(7-8)15-2;1-2;/h5-6,13-14,20H,7-12H2,1-4H3;3-7,10H,1H2,2H3;1-2H2;1H4. The van der Waals surface area contributed by atoms with Gasteiger partial charge in [0, 0.05) is 27.2 Å². The number of nitrogens with one attached hydrogen (secondary N) is 1. The first-order chi connectivity index (χ1) is 19.4. The number of benzene rings is 1. The molecule has 0 bridgehead atoms. The van der Waals surface area contributed by atoms with Crippen molar-refractivity contribution in [2.75, 3.05) is 52.8 Å². The molecule has 6 nitrogen and oxygen atoms in total. The average Bonchev–Trinajstić information content (AvgIpc) is 2.94. The van der Waals surface area contributed by atoms with Gasteiger partial charge in [0.2, 0.25) is 0 Å². The Morgan fingerprint density at radius 3 is 2.33 bits per heavy atom. The highest BCUT2D eigenvalue weighted by Gasteiger charge is 2.38. The number of allylic oxidation sites excluding steroid dienone is 1. The molecule has 2 unspecified atom stereocenters. The number of pyridine rings is 1. The van der Waals surface area contributed by atoms with Crippen LogP contribution in [0, 0.1) is 11.8 Å². The van der Waals surface area contributed by atoms with Gasteiger partial charge in [-0.05, 0) is 74.5 Å². The van der Waals surface area contributed by atoms with Crippen molar-refractivity contribution in [2.45, 2.75) is 45.7 Å². The summed E-state index contributed by atoms with van der Waals surface area (Å²) in [5, 5.41) is 3.54. The lowest BCUT2D eigenvalue weighted by Gasteiger charge is -2.34. The van der Waals surface area contributed by atoms with Crippen LogP contribution in [-0.4, -0.2) is 69.9 Å². The zero-order valence-electron chi connectivity index (χ0n) is 24.8. The van der Waals surface area contributed by atoms with Gasteiger partial charge in [0.25, 0.3) is 5.91 Å². The van der Waals surface area contributed by atoms with E-state index in [2.05, 4.69) is 41.9 Å². The topological polar surface area (TPSA) is 57.7 Å². The molecule has 1 saturated heterocycles. The Bertz CT molecular complexity index is 1090. The molecule has 1 aliphatic heterocycles. The van der Waals surface area contributed by atoms with Crippen molar-refractivity contribution in [3.05, 3.63) is 78.5 Å². The lowest BCUT2D eigenvalue weighted by Crippen LogP contribution is -2.35. The Labute approximate surface area is 255 Å². The number of alkyl halides is 3. The molecule has 10 heteroatoms. The molecular formula is C32H48ClF3N4O2. The molecule has 2 aromatic rings. The molecule has 2 atom stereocenters. The maximum Gasteiger partial charge on any atom is 0.399 e. The van der Waals surface area contributed by atoms with Gasteiger partial charge in [0.05, 0.1) is 18.6 Å². The third-order valence-corrected chi connectivity index (χ3v) is 7.03. The molecule has 236 valence electrons. The van der Waals surface area contributed by atoms with Crippen LogP contribution in [0.4, 0.5) is 19.0 Å². The Balaban J connectivity index is 0.000000807. The van der Waals surface area contributed by atoms with E-state index in [1.807, 2.05) is 13.1 Å². The van der Waals surface area contributed by atoms with E-state index in [1.54, 1.807) is 26.2 Å². The van der Waals surface area contributed by atoms with Crippen LogP contribution < -0.4 is 15.0 Å². The molecule has 2 heterocycles. The number of carbonyl (C=O) groups excluding carboxylic acids is 1. The highest BCUT2D eigenvalue weighted by molar-refractivity contribution is 6.32. The first-order valence-electron chi connectivity index (χ1n) is 13.5. The van der Waals surface area contributed by atoms with E-state index in [0.717, 1.165) is 43.4 Å². The van der Waals surface area contributed by atoms with E-state index in [0.29, 0.717) is 11.3 Å². The van der Waals surface area contributed by atoms with Crippen LogP contribution in [0.15, 0.2) is 62.2 Å². The fourth-order valence-corrected chi connectivity index (χ4v) is 4.92. The number of amides is 1. The van der Waals surface area contributed by atoms with Crippen molar-refractivity contribution in [2.24, 2.45) is 11.8 Å². The molecule has 0 spiro atoms. The molecule has 0 radical (unpaired) electrons. The predicted molar refractivity (Wildman–Crippen MR) is 170 cm³/mol. The van der Waals surface area contributed by atoms with Crippen LogP contribution in [-0.2, 0) is 0 Å². The van der Waals surface area contributed by atoms with Crippen molar-refractivity contribution in [3.63, 3.8) is 0 Å². The van der Waals surface area contributed by atoms with Gasteiger partial charge < -0.3 is 19.9 Å². The minimum Gasteiger partial charge on any atom is -0.497 e. The SMILES string of the molecule is C.C=C.C=CC(c1cccc(OC)c1)C(F)(F)F.CNCC(C)CC1CCN(c2ccc(C(=O)N(C)C)c(Cl)n2)CC1. The maximum atomic E-state index is 12.5. The van der Waals surface area contributed by atoms with E-state index in [4.69, 9.17) is 16.3 Å². The van der Waals surface area contributed by atoms with E-state index >= 15 is 0 Å². The number of anilines is 1. The summed E-state index contributed by atoms with van der Waals surface area (Å²) < 4.78 is 42.4. The van der Waals surface area contributed by atoms with Gasteiger partial charge in [0.1, 0.15) is 16.7 Å². The molecule has 1 aromatic heterocycles. The van der Waals surface area contributed by atoms with Gasteiger partial charge in [-0.25, -0.2) is 4.98 Å². The van der Waals surface area contributed by atoms with Crippen LogP contribution in [0.25, 0.3) is 0 Å². The molecule has 42 heavy (non-hydrogen) atoms. The number of rotatable bonds is 9. The van der Waals surface area contributed by atoms with Crippen LogP contribution in [0.2, 0.25) is 5.15 Å². The predicted octanol–water partition coefficient (Wildman–Crippen LogP) is 7.86. The molecule has 1 aliphatic rings. The maximum absolute atomic E-state index is 12.5. The zero-order chi connectivity index (χ0) is 31.2. The van der Waals surface area contributed by atoms with Gasteiger partial charge in [0.15, 0.2) is 0 Å². The summed E-state index contributed by atoms with van der Waals surface area (Å²) in [6, 6.07) is 9.58. The second-order valence-electron chi connectivity index (χ2n) is 10.1. The number of nitrogens with zero attached hydrogens (tertiary/aromatic N) is 3. The Hall–Kier alpha value is -3.04. The van der Waals surface area contributed by atoms with Gasteiger partial charge >= 0.3 is 6.18 Å². The molecule has 1 amide bonds. The summed E-state index contributed by atoms with van der Waals surface area (Å²) in [5.74, 6) is 1.02. The van der Waals surface area contributed by atoms with Crippen LogP contribution in [0.5, 0.6) is 5.75 Å². The van der Waals surface area contributed by atoms with Crippen molar-refractivity contribution < 1.29 is 22.7 Å². The van der Waals surface area contributed by atoms with E-state index in [-0.39, 0.29) is 24.1 Å². The smallest absolute Gasteiger partial charge is 0.399 e. The third-order valence-electron chi connectivity index (χ3n) is 6.74. The molecule has 3 rings (SSSR count). The Morgan fingerprint density at radius 2 is 1.86 bits per heavy atom. The number of aromatic nitrogens is 1. The molecule has 1 N–H and O–H groups in total. The second-order valence-corrected chi connectivity index (χ2v) is 10.4. The minimum atomic E-state index is -4.31. The van der Waals surface area contributed by atoms with Crippen molar-refractivity contribution >= 4 is 23.3 Å². The van der Waals surface area contributed by atoms with Crippen molar-refractivity contribution in [1.29, 1.82) is 0 Å². The molecule has 1 aromatic carbocycles. The first kappa shape index (κ1) is 39.0. The number of hydrogen-bond donors (Lipinski definition) is 1. The largest absolute Gasteiger partial charge is 0.497 e. The van der Waals surface area contributed by atoms with Gasteiger partial charge in [-0.15, -0.1) is 19.7 Å². The number of ether oxygens (including phenoxy) is 1. The quantitative estimate of drug-likeness (QED) is 0.231. The first-order valence-corrected chi connectivity index (χ1v) is 13.9. The second kappa shape index (κ2) is 19.2. The minimum absolute atomic E-state index is 0. The van der Waals surface area contributed by atoms with Gasteiger partial charge in [-0.1, -0.05) is 44.2 Å². The van der Waals surface area contributed by atoms with Crippen molar-refractivity contribution in [1.82, 2.24) is 15.2 Å².